The molecule has 2 aromatic heterocycles. The maximum Gasteiger partial charge on any atom is 0.243 e. The summed E-state index contributed by atoms with van der Waals surface area (Å²) in [6.45, 7) is 3.58. The summed E-state index contributed by atoms with van der Waals surface area (Å²) >= 11 is 0. The Morgan fingerprint density at radius 2 is 1.83 bits per heavy atom. The average Bonchev–Trinajstić information content (AvgIpc) is 3.37. The van der Waals surface area contributed by atoms with Crippen LogP contribution in [0, 0.1) is 0 Å². The molecule has 1 aromatic carbocycles. The largest absolute Gasteiger partial charge is 0.335 e. The van der Waals surface area contributed by atoms with Crippen LogP contribution in [0.25, 0.3) is 11.0 Å². The Bertz CT molecular complexity index is 1180. The zero-order valence-corrected chi connectivity index (χ0v) is 18.2. The third kappa shape index (κ3) is 3.55. The minimum absolute atomic E-state index is 0.458. The second kappa shape index (κ2) is 7.80. The van der Waals surface area contributed by atoms with Gasteiger partial charge in [-0.1, -0.05) is 6.07 Å². The van der Waals surface area contributed by atoms with Gasteiger partial charge in [-0.3, -0.25) is 0 Å². The van der Waals surface area contributed by atoms with E-state index in [-0.39, 0.29) is 0 Å². The zero-order chi connectivity index (χ0) is 20.7. The van der Waals surface area contributed by atoms with Gasteiger partial charge < -0.3 is 9.47 Å². The maximum atomic E-state index is 13.1. The standard InChI is InChI=1S/C23H28N4O2S/c1-25-17-20(22-6-3-10-24-23(22)25)9-11-26-12-14-27(15-13-26)30(28,29)21-8-7-18-4-2-5-19(18)16-21/h3,6-8,10,16-17H,2,4-5,9,11-15H2,1H3. The summed E-state index contributed by atoms with van der Waals surface area (Å²) < 4.78 is 30.0. The molecule has 0 radical (unpaired) electrons. The summed E-state index contributed by atoms with van der Waals surface area (Å²) in [7, 11) is -1.38. The average molecular weight is 425 g/mol. The molecule has 0 saturated carbocycles. The Hall–Kier alpha value is -2.22. The lowest BCUT2D eigenvalue weighted by Gasteiger charge is -2.34. The van der Waals surface area contributed by atoms with Gasteiger partial charge in [0.15, 0.2) is 0 Å². The third-order valence-corrected chi connectivity index (χ3v) is 8.45. The molecule has 1 saturated heterocycles. The van der Waals surface area contributed by atoms with Crippen molar-refractivity contribution in [3.8, 4) is 0 Å². The summed E-state index contributed by atoms with van der Waals surface area (Å²) in [5.41, 5.74) is 4.83. The van der Waals surface area contributed by atoms with Crippen molar-refractivity contribution in [1.29, 1.82) is 0 Å². The SMILES string of the molecule is Cn1cc(CCN2CCN(S(=O)(=O)c3ccc4c(c3)CCC4)CC2)c2cccnc21. The number of hydrogen-bond acceptors (Lipinski definition) is 4. The van der Waals surface area contributed by atoms with Gasteiger partial charge in [0.1, 0.15) is 5.65 Å². The van der Waals surface area contributed by atoms with Crippen molar-refractivity contribution < 1.29 is 8.42 Å². The third-order valence-electron chi connectivity index (χ3n) is 6.55. The summed E-state index contributed by atoms with van der Waals surface area (Å²) in [6, 6.07) is 9.80. The van der Waals surface area contributed by atoms with Crippen molar-refractivity contribution in [3.63, 3.8) is 0 Å². The van der Waals surface area contributed by atoms with E-state index in [1.54, 1.807) is 10.4 Å². The van der Waals surface area contributed by atoms with Crippen LogP contribution in [0.15, 0.2) is 47.6 Å². The smallest absolute Gasteiger partial charge is 0.243 e. The number of aryl methyl sites for hydroxylation is 3. The van der Waals surface area contributed by atoms with E-state index in [2.05, 4.69) is 26.7 Å². The van der Waals surface area contributed by atoms with Crippen LogP contribution in [0.5, 0.6) is 0 Å². The first-order valence-electron chi connectivity index (χ1n) is 10.8. The highest BCUT2D eigenvalue weighted by molar-refractivity contribution is 7.89. The first-order chi connectivity index (χ1) is 14.5. The number of pyridine rings is 1. The number of rotatable bonds is 5. The predicted octanol–water partition coefficient (Wildman–Crippen LogP) is 2.61. The fourth-order valence-electron chi connectivity index (χ4n) is 4.82. The van der Waals surface area contributed by atoms with Crippen LogP contribution < -0.4 is 0 Å². The van der Waals surface area contributed by atoms with E-state index in [9.17, 15) is 8.42 Å². The monoisotopic (exact) mass is 424 g/mol. The molecule has 0 amide bonds. The molecule has 0 unspecified atom stereocenters. The number of benzene rings is 1. The van der Waals surface area contributed by atoms with E-state index in [1.165, 1.54) is 22.1 Å². The highest BCUT2D eigenvalue weighted by Gasteiger charge is 2.29. The molecule has 3 aromatic rings. The second-order valence-electron chi connectivity index (χ2n) is 8.42. The van der Waals surface area contributed by atoms with Crippen molar-refractivity contribution in [1.82, 2.24) is 18.8 Å². The molecule has 0 spiro atoms. The van der Waals surface area contributed by atoms with Crippen molar-refractivity contribution in [3.05, 3.63) is 59.4 Å². The van der Waals surface area contributed by atoms with Gasteiger partial charge in [-0.25, -0.2) is 13.4 Å². The zero-order valence-electron chi connectivity index (χ0n) is 17.4. The van der Waals surface area contributed by atoms with Gasteiger partial charge in [-0.2, -0.15) is 4.31 Å². The maximum absolute atomic E-state index is 13.1. The predicted molar refractivity (Wildman–Crippen MR) is 118 cm³/mol. The van der Waals surface area contributed by atoms with Crippen LogP contribution in [0.3, 0.4) is 0 Å². The summed E-state index contributed by atoms with van der Waals surface area (Å²) in [5.74, 6) is 0. The van der Waals surface area contributed by atoms with Gasteiger partial charge >= 0.3 is 0 Å². The van der Waals surface area contributed by atoms with Gasteiger partial charge in [0.25, 0.3) is 0 Å². The minimum Gasteiger partial charge on any atom is -0.335 e. The number of fused-ring (bicyclic) bond motifs is 2. The topological polar surface area (TPSA) is 58.4 Å². The van der Waals surface area contributed by atoms with Crippen LogP contribution in [0.4, 0.5) is 0 Å². The lowest BCUT2D eigenvalue weighted by molar-refractivity contribution is 0.190. The molecule has 6 nitrogen and oxygen atoms in total. The first kappa shape index (κ1) is 19.7. The van der Waals surface area contributed by atoms with E-state index in [4.69, 9.17) is 0 Å². The number of aromatic nitrogens is 2. The molecule has 30 heavy (non-hydrogen) atoms. The molecule has 1 aliphatic carbocycles. The van der Waals surface area contributed by atoms with Crippen LogP contribution in [0.2, 0.25) is 0 Å². The normalized spacial score (nSPS) is 18.2. The molecular formula is C23H28N4O2S. The fourth-order valence-corrected chi connectivity index (χ4v) is 6.30. The van der Waals surface area contributed by atoms with E-state index in [0.717, 1.165) is 51.0 Å². The van der Waals surface area contributed by atoms with Crippen molar-refractivity contribution in [2.75, 3.05) is 32.7 Å². The number of sulfonamides is 1. The summed E-state index contributed by atoms with van der Waals surface area (Å²) in [6.07, 6.45) is 8.13. The Morgan fingerprint density at radius 3 is 2.67 bits per heavy atom. The van der Waals surface area contributed by atoms with Gasteiger partial charge in [-0.05, 0) is 66.6 Å². The summed E-state index contributed by atoms with van der Waals surface area (Å²) in [5, 5.41) is 1.21. The molecular weight excluding hydrogens is 396 g/mol. The van der Waals surface area contributed by atoms with Crippen molar-refractivity contribution in [2.45, 2.75) is 30.6 Å². The van der Waals surface area contributed by atoms with Crippen LogP contribution in [-0.2, 0) is 36.3 Å². The Labute approximate surface area is 178 Å². The highest BCUT2D eigenvalue weighted by atomic mass is 32.2. The second-order valence-corrected chi connectivity index (χ2v) is 10.4. The molecule has 3 heterocycles. The molecule has 7 heteroatoms. The molecule has 0 bridgehead atoms. The summed E-state index contributed by atoms with van der Waals surface area (Å²) in [4.78, 5) is 7.28. The van der Waals surface area contributed by atoms with Crippen LogP contribution >= 0.6 is 0 Å². The van der Waals surface area contributed by atoms with Gasteiger partial charge in [-0.15, -0.1) is 0 Å². The van der Waals surface area contributed by atoms with Gasteiger partial charge in [0, 0.05) is 57.6 Å². The lowest BCUT2D eigenvalue weighted by Crippen LogP contribution is -2.49. The van der Waals surface area contributed by atoms with Crippen molar-refractivity contribution >= 4 is 21.1 Å². The number of hydrogen-bond donors (Lipinski definition) is 0. The number of piperazine rings is 1. The number of nitrogens with zero attached hydrogens (tertiary/aromatic N) is 4. The molecule has 0 atom stereocenters. The van der Waals surface area contributed by atoms with Crippen LogP contribution in [-0.4, -0.2) is 59.9 Å². The quantitative estimate of drug-likeness (QED) is 0.632. The van der Waals surface area contributed by atoms with Crippen molar-refractivity contribution in [2.24, 2.45) is 7.05 Å². The van der Waals surface area contributed by atoms with Gasteiger partial charge in [0.05, 0.1) is 4.90 Å². The van der Waals surface area contributed by atoms with E-state index < -0.39 is 10.0 Å². The Balaban J connectivity index is 1.22. The molecule has 158 valence electrons. The Morgan fingerprint density at radius 1 is 1.03 bits per heavy atom. The van der Waals surface area contributed by atoms with E-state index in [0.29, 0.717) is 18.0 Å². The molecule has 1 fully saturated rings. The molecule has 0 N–H and O–H groups in total. The fraction of sp³-hybridized carbons (Fsp3) is 0.435. The lowest BCUT2D eigenvalue weighted by atomic mass is 10.1. The molecule has 5 rings (SSSR count). The highest BCUT2D eigenvalue weighted by Crippen LogP contribution is 2.27. The van der Waals surface area contributed by atoms with E-state index in [1.807, 2.05) is 31.4 Å². The Kier molecular flexibility index (Phi) is 5.13. The first-order valence-corrected chi connectivity index (χ1v) is 12.2. The minimum atomic E-state index is -3.40. The molecule has 1 aliphatic heterocycles. The molecule has 2 aliphatic rings. The van der Waals surface area contributed by atoms with E-state index >= 15 is 0 Å². The van der Waals surface area contributed by atoms with Crippen LogP contribution in [0.1, 0.15) is 23.1 Å². The van der Waals surface area contributed by atoms with Gasteiger partial charge in [0.2, 0.25) is 10.0 Å².